The van der Waals surface area contributed by atoms with Crippen LogP contribution < -0.4 is 10.6 Å². The third kappa shape index (κ3) is 2.93. The number of aromatic nitrogens is 1. The van der Waals surface area contributed by atoms with Crippen molar-refractivity contribution < 1.29 is 4.79 Å². The molecule has 2 amide bonds. The van der Waals surface area contributed by atoms with Gasteiger partial charge in [-0.15, -0.1) is 11.3 Å². The van der Waals surface area contributed by atoms with Gasteiger partial charge in [-0.3, -0.25) is 5.32 Å². The Kier molecular flexibility index (Phi) is 3.56. The number of amides is 2. The number of hydrogen-bond donors (Lipinski definition) is 2. The summed E-state index contributed by atoms with van der Waals surface area (Å²) in [6.07, 6.45) is 0.920. The number of fused-ring (bicyclic) bond motifs is 1. The van der Waals surface area contributed by atoms with Crippen molar-refractivity contribution in [2.75, 3.05) is 25.5 Å². The van der Waals surface area contributed by atoms with Crippen molar-refractivity contribution in [2.45, 2.75) is 13.0 Å². The first kappa shape index (κ1) is 11.8. The van der Waals surface area contributed by atoms with Crippen LogP contribution in [-0.2, 0) is 13.0 Å². The first-order valence-electron chi connectivity index (χ1n) is 5.28. The number of nitrogens with one attached hydrogen (secondary N) is 2. The fourth-order valence-electron chi connectivity index (χ4n) is 1.64. The van der Waals surface area contributed by atoms with Crippen LogP contribution in [0.5, 0.6) is 0 Å². The van der Waals surface area contributed by atoms with E-state index in [1.54, 1.807) is 0 Å². The minimum atomic E-state index is -0.383. The molecule has 6 nitrogen and oxygen atoms in total. The molecule has 0 atom stereocenters. The molecular weight excluding hydrogens is 238 g/mol. The van der Waals surface area contributed by atoms with E-state index in [9.17, 15) is 4.79 Å². The van der Waals surface area contributed by atoms with Gasteiger partial charge in [-0.1, -0.05) is 0 Å². The summed E-state index contributed by atoms with van der Waals surface area (Å²) in [6.45, 7) is 1.88. The average molecular weight is 251 g/mol. The summed E-state index contributed by atoms with van der Waals surface area (Å²) in [5, 5.41) is 14.0. The van der Waals surface area contributed by atoms with Crippen LogP contribution in [0.25, 0.3) is 0 Å². The lowest BCUT2D eigenvalue weighted by molar-refractivity contribution is 0.253. The lowest BCUT2D eigenvalue weighted by Gasteiger charge is -2.20. The molecule has 0 aromatic carbocycles. The molecule has 0 saturated heterocycles. The molecule has 7 heteroatoms. The minimum absolute atomic E-state index is 0.000337. The number of carbonyl (C=O) groups excluding carboxylic acids is 1. The number of rotatable bonds is 2. The van der Waals surface area contributed by atoms with Gasteiger partial charge in [-0.05, 0) is 7.05 Å². The van der Waals surface area contributed by atoms with Gasteiger partial charge in [0.2, 0.25) is 0 Å². The van der Waals surface area contributed by atoms with Gasteiger partial charge >= 0.3 is 6.03 Å². The van der Waals surface area contributed by atoms with Crippen LogP contribution in [0.1, 0.15) is 10.6 Å². The molecule has 2 rings (SSSR count). The highest BCUT2D eigenvalue weighted by Gasteiger charge is 2.18. The SMILES string of the molecule is CN1CCc2nc(NC(=O)NCC#N)sc2C1. The van der Waals surface area contributed by atoms with Crippen LogP contribution in [0.2, 0.25) is 0 Å². The summed E-state index contributed by atoms with van der Waals surface area (Å²) in [5.74, 6) is 0. The topological polar surface area (TPSA) is 81.1 Å². The number of anilines is 1. The number of likely N-dealkylation sites (N-methyl/N-ethyl adjacent to an activating group) is 1. The molecule has 0 radical (unpaired) electrons. The molecule has 1 aliphatic rings. The van der Waals surface area contributed by atoms with Gasteiger partial charge in [0.15, 0.2) is 5.13 Å². The van der Waals surface area contributed by atoms with Crippen LogP contribution in [0.15, 0.2) is 0 Å². The van der Waals surface area contributed by atoms with E-state index in [0.29, 0.717) is 5.13 Å². The van der Waals surface area contributed by atoms with Crippen molar-refractivity contribution in [3.63, 3.8) is 0 Å². The molecule has 17 heavy (non-hydrogen) atoms. The van der Waals surface area contributed by atoms with E-state index in [-0.39, 0.29) is 12.6 Å². The molecule has 0 saturated carbocycles. The Morgan fingerprint density at radius 2 is 2.53 bits per heavy atom. The molecule has 1 aromatic rings. The van der Waals surface area contributed by atoms with Crippen molar-refractivity contribution >= 4 is 22.5 Å². The highest BCUT2D eigenvalue weighted by molar-refractivity contribution is 7.15. The monoisotopic (exact) mass is 251 g/mol. The van der Waals surface area contributed by atoms with Gasteiger partial charge in [0.1, 0.15) is 6.54 Å². The minimum Gasteiger partial charge on any atom is -0.325 e. The maximum atomic E-state index is 11.3. The number of hydrogen-bond acceptors (Lipinski definition) is 5. The highest BCUT2D eigenvalue weighted by Crippen LogP contribution is 2.27. The zero-order valence-corrected chi connectivity index (χ0v) is 10.3. The molecule has 1 aliphatic heterocycles. The van der Waals surface area contributed by atoms with E-state index in [2.05, 4.69) is 27.6 Å². The first-order chi connectivity index (χ1) is 8.19. The van der Waals surface area contributed by atoms with Crippen LogP contribution in [-0.4, -0.2) is 36.1 Å². The van der Waals surface area contributed by atoms with Crippen LogP contribution in [0.3, 0.4) is 0 Å². The van der Waals surface area contributed by atoms with E-state index in [4.69, 9.17) is 5.26 Å². The quantitative estimate of drug-likeness (QED) is 0.761. The standard InChI is InChI=1S/C10H13N5OS/c1-15-5-2-7-8(6-15)17-10(13-7)14-9(16)12-4-3-11/h2,4-6H2,1H3,(H2,12,13,14,16). The molecular formula is C10H13N5OS. The van der Waals surface area contributed by atoms with E-state index >= 15 is 0 Å². The average Bonchev–Trinajstić information content (AvgIpc) is 2.67. The molecule has 90 valence electrons. The Bertz CT molecular complexity index is 464. The normalized spacial score (nSPS) is 14.8. The summed E-state index contributed by atoms with van der Waals surface area (Å²) in [7, 11) is 2.06. The maximum Gasteiger partial charge on any atom is 0.321 e. The molecule has 0 spiro atoms. The van der Waals surface area contributed by atoms with Gasteiger partial charge in [0.25, 0.3) is 0 Å². The molecule has 2 heterocycles. The van der Waals surface area contributed by atoms with Crippen molar-refractivity contribution in [1.82, 2.24) is 15.2 Å². The number of nitrogens with zero attached hydrogens (tertiary/aromatic N) is 3. The second-order valence-electron chi connectivity index (χ2n) is 3.84. The van der Waals surface area contributed by atoms with Crippen molar-refractivity contribution in [3.8, 4) is 6.07 Å². The van der Waals surface area contributed by atoms with E-state index in [0.717, 1.165) is 25.2 Å². The predicted octanol–water partition coefficient (Wildman–Crippen LogP) is 0.776. The zero-order valence-electron chi connectivity index (χ0n) is 9.49. The van der Waals surface area contributed by atoms with Gasteiger partial charge in [0.05, 0.1) is 11.8 Å². The zero-order chi connectivity index (χ0) is 12.3. The second kappa shape index (κ2) is 5.12. The molecule has 0 bridgehead atoms. The molecule has 2 N–H and O–H groups in total. The largest absolute Gasteiger partial charge is 0.325 e. The van der Waals surface area contributed by atoms with Crippen molar-refractivity contribution in [1.29, 1.82) is 5.26 Å². The first-order valence-corrected chi connectivity index (χ1v) is 6.09. The van der Waals surface area contributed by atoms with E-state index in [1.807, 2.05) is 6.07 Å². The second-order valence-corrected chi connectivity index (χ2v) is 4.93. The Hall–Kier alpha value is -1.65. The van der Waals surface area contributed by atoms with Gasteiger partial charge in [-0.25, -0.2) is 9.78 Å². The van der Waals surface area contributed by atoms with E-state index in [1.165, 1.54) is 16.2 Å². The van der Waals surface area contributed by atoms with Gasteiger partial charge in [0, 0.05) is 24.4 Å². The summed E-state index contributed by atoms with van der Waals surface area (Å²) in [6, 6.07) is 1.46. The van der Waals surface area contributed by atoms with Gasteiger partial charge < -0.3 is 10.2 Å². The number of nitriles is 1. The molecule has 0 fully saturated rings. The Labute approximate surface area is 103 Å². The van der Waals surface area contributed by atoms with E-state index < -0.39 is 0 Å². The number of carbonyl (C=O) groups is 1. The summed E-state index contributed by atoms with van der Waals surface area (Å²) < 4.78 is 0. The summed E-state index contributed by atoms with van der Waals surface area (Å²) in [4.78, 5) is 19.1. The highest BCUT2D eigenvalue weighted by atomic mass is 32.1. The molecule has 0 unspecified atom stereocenters. The third-order valence-corrected chi connectivity index (χ3v) is 3.47. The van der Waals surface area contributed by atoms with Crippen LogP contribution in [0, 0.1) is 11.3 Å². The Morgan fingerprint density at radius 3 is 3.29 bits per heavy atom. The number of thiazole rings is 1. The fraction of sp³-hybridized carbons (Fsp3) is 0.500. The number of urea groups is 1. The molecule has 1 aromatic heterocycles. The summed E-state index contributed by atoms with van der Waals surface area (Å²) in [5.41, 5.74) is 1.07. The fourth-order valence-corrected chi connectivity index (χ4v) is 2.72. The van der Waals surface area contributed by atoms with Crippen molar-refractivity contribution in [2.24, 2.45) is 0 Å². The Balaban J connectivity index is 1.99. The van der Waals surface area contributed by atoms with Gasteiger partial charge in [-0.2, -0.15) is 5.26 Å². The smallest absolute Gasteiger partial charge is 0.321 e. The lowest BCUT2D eigenvalue weighted by Crippen LogP contribution is -2.28. The maximum absolute atomic E-state index is 11.3. The predicted molar refractivity (Wildman–Crippen MR) is 64.8 cm³/mol. The van der Waals surface area contributed by atoms with Crippen LogP contribution in [0.4, 0.5) is 9.93 Å². The lowest BCUT2D eigenvalue weighted by atomic mass is 10.2. The van der Waals surface area contributed by atoms with Crippen LogP contribution >= 0.6 is 11.3 Å². The Morgan fingerprint density at radius 1 is 1.71 bits per heavy atom. The third-order valence-electron chi connectivity index (χ3n) is 2.47. The van der Waals surface area contributed by atoms with Crippen molar-refractivity contribution in [3.05, 3.63) is 10.6 Å². The molecule has 0 aliphatic carbocycles. The summed E-state index contributed by atoms with van der Waals surface area (Å²) >= 11 is 1.49.